The lowest BCUT2D eigenvalue weighted by atomic mass is 10.0. The summed E-state index contributed by atoms with van der Waals surface area (Å²) < 4.78 is 5.34. The number of benzene rings is 1. The Bertz CT molecular complexity index is 565. The van der Waals surface area contributed by atoms with Gasteiger partial charge in [-0.15, -0.1) is 0 Å². The first-order valence-corrected chi connectivity index (χ1v) is 7.18. The van der Waals surface area contributed by atoms with Crippen molar-refractivity contribution in [1.29, 1.82) is 0 Å². The number of hydrogen-bond acceptors (Lipinski definition) is 3. The Labute approximate surface area is 125 Å². The summed E-state index contributed by atoms with van der Waals surface area (Å²) in [5.41, 5.74) is 2.31. The van der Waals surface area contributed by atoms with Gasteiger partial charge in [-0.25, -0.2) is 0 Å². The minimum absolute atomic E-state index is 0.0239. The summed E-state index contributed by atoms with van der Waals surface area (Å²) in [5, 5.41) is 8.86. The monoisotopic (exact) mass is 287 g/mol. The topological polar surface area (TPSA) is 49.8 Å². The lowest BCUT2D eigenvalue weighted by Gasteiger charge is -2.31. The molecule has 21 heavy (non-hydrogen) atoms. The van der Waals surface area contributed by atoms with E-state index in [9.17, 15) is 4.79 Å². The fourth-order valence-electron chi connectivity index (χ4n) is 2.51. The molecule has 4 heteroatoms. The van der Waals surface area contributed by atoms with E-state index < -0.39 is 0 Å². The summed E-state index contributed by atoms with van der Waals surface area (Å²) >= 11 is 0. The maximum atomic E-state index is 12.7. The zero-order valence-corrected chi connectivity index (χ0v) is 12.6. The fraction of sp³-hybridized carbons (Fsp3) is 0.471. The molecule has 0 unspecified atom stereocenters. The molecule has 1 amide bonds. The number of nitrogens with zero attached hydrogens (tertiary/aromatic N) is 1. The van der Waals surface area contributed by atoms with Gasteiger partial charge in [0, 0.05) is 31.9 Å². The molecule has 0 saturated carbocycles. The van der Waals surface area contributed by atoms with Gasteiger partial charge >= 0.3 is 0 Å². The second kappa shape index (κ2) is 7.26. The minimum atomic E-state index is -0.211. The third-order valence-electron chi connectivity index (χ3n) is 3.77. The Balaban J connectivity index is 2.25. The molecule has 1 aliphatic rings. The Morgan fingerprint density at radius 1 is 1.43 bits per heavy atom. The normalized spacial score (nSPS) is 15.2. The smallest absolute Gasteiger partial charge is 0.255 e. The van der Waals surface area contributed by atoms with Gasteiger partial charge in [0.2, 0.25) is 0 Å². The van der Waals surface area contributed by atoms with Crippen LogP contribution in [0.2, 0.25) is 0 Å². The number of carbonyl (C=O) groups excluding carboxylic acids is 1. The maximum Gasteiger partial charge on any atom is 0.255 e. The van der Waals surface area contributed by atoms with Crippen molar-refractivity contribution in [1.82, 2.24) is 4.90 Å². The van der Waals surface area contributed by atoms with E-state index in [0.717, 1.165) is 18.4 Å². The molecule has 1 fully saturated rings. The molecule has 0 aliphatic carbocycles. The van der Waals surface area contributed by atoms with E-state index in [4.69, 9.17) is 9.84 Å². The Hall–Kier alpha value is -1.83. The van der Waals surface area contributed by atoms with E-state index in [1.807, 2.05) is 32.2 Å². The largest absolute Gasteiger partial charge is 0.384 e. The molecule has 0 aromatic heterocycles. The van der Waals surface area contributed by atoms with Crippen LogP contribution in [0.4, 0.5) is 0 Å². The van der Waals surface area contributed by atoms with Crippen molar-refractivity contribution in [2.75, 3.05) is 26.9 Å². The summed E-state index contributed by atoms with van der Waals surface area (Å²) in [6.45, 7) is 3.15. The molecule has 1 saturated heterocycles. The molecule has 1 aromatic carbocycles. The van der Waals surface area contributed by atoms with Crippen LogP contribution in [-0.2, 0) is 4.74 Å². The van der Waals surface area contributed by atoms with Crippen LogP contribution in [0.3, 0.4) is 0 Å². The van der Waals surface area contributed by atoms with Gasteiger partial charge in [-0.05, 0) is 37.5 Å². The molecule has 1 aromatic rings. The van der Waals surface area contributed by atoms with Gasteiger partial charge in [0.1, 0.15) is 6.61 Å². The first kappa shape index (κ1) is 15.6. The average Bonchev–Trinajstić information content (AvgIpc) is 2.52. The van der Waals surface area contributed by atoms with Gasteiger partial charge in [-0.1, -0.05) is 17.9 Å². The third kappa shape index (κ3) is 3.84. The molecule has 0 spiro atoms. The summed E-state index contributed by atoms with van der Waals surface area (Å²) in [4.78, 5) is 14.5. The second-order valence-electron chi connectivity index (χ2n) is 5.27. The zero-order valence-electron chi connectivity index (χ0n) is 12.6. The number of carbonyl (C=O) groups is 1. The lowest BCUT2D eigenvalue weighted by Crippen LogP contribution is -2.40. The quantitative estimate of drug-likeness (QED) is 0.840. The molecule has 112 valence electrons. The lowest BCUT2D eigenvalue weighted by molar-refractivity contribution is 0.0362. The molecule has 4 nitrogen and oxygen atoms in total. The van der Waals surface area contributed by atoms with Crippen molar-refractivity contribution in [2.24, 2.45) is 0 Å². The van der Waals surface area contributed by atoms with Crippen molar-refractivity contribution >= 4 is 5.91 Å². The highest BCUT2D eigenvalue weighted by Crippen LogP contribution is 2.18. The summed E-state index contributed by atoms with van der Waals surface area (Å²) in [5.74, 6) is 5.47. The Morgan fingerprint density at radius 2 is 2.14 bits per heavy atom. The van der Waals surface area contributed by atoms with Gasteiger partial charge in [0.25, 0.3) is 5.91 Å². The van der Waals surface area contributed by atoms with Crippen molar-refractivity contribution < 1.29 is 14.6 Å². The first-order chi connectivity index (χ1) is 10.1. The highest BCUT2D eigenvalue weighted by molar-refractivity contribution is 5.97. The number of aliphatic hydroxyl groups excluding tert-OH is 1. The SMILES string of the molecule is Cc1ccc(C(=O)N(C)C2CCOCC2)c(C#CCO)c1. The molecule has 1 aliphatic heterocycles. The van der Waals surface area contributed by atoms with Crippen LogP contribution in [0.1, 0.15) is 34.3 Å². The number of amides is 1. The van der Waals surface area contributed by atoms with Crippen LogP contribution < -0.4 is 0 Å². The number of rotatable bonds is 2. The van der Waals surface area contributed by atoms with Gasteiger partial charge in [-0.2, -0.15) is 0 Å². The molecule has 0 atom stereocenters. The van der Waals surface area contributed by atoms with Crippen LogP contribution in [-0.4, -0.2) is 48.8 Å². The van der Waals surface area contributed by atoms with Gasteiger partial charge in [0.15, 0.2) is 0 Å². The van der Waals surface area contributed by atoms with Gasteiger partial charge < -0.3 is 14.7 Å². The van der Waals surface area contributed by atoms with Crippen LogP contribution in [0.5, 0.6) is 0 Å². The fourth-order valence-corrected chi connectivity index (χ4v) is 2.51. The third-order valence-corrected chi connectivity index (χ3v) is 3.77. The summed E-state index contributed by atoms with van der Waals surface area (Å²) in [6, 6.07) is 5.82. The van der Waals surface area contributed by atoms with Crippen LogP contribution in [0.25, 0.3) is 0 Å². The van der Waals surface area contributed by atoms with Crippen molar-refractivity contribution in [3.8, 4) is 11.8 Å². The molecular formula is C17H21NO3. The van der Waals surface area contributed by atoms with E-state index in [1.54, 1.807) is 4.90 Å². The number of hydrogen-bond donors (Lipinski definition) is 1. The molecule has 1 heterocycles. The van der Waals surface area contributed by atoms with Crippen LogP contribution >= 0.6 is 0 Å². The predicted octanol–water partition coefficient (Wildman–Crippen LogP) is 1.59. The van der Waals surface area contributed by atoms with Crippen LogP contribution in [0, 0.1) is 18.8 Å². The van der Waals surface area contributed by atoms with E-state index >= 15 is 0 Å². The van der Waals surface area contributed by atoms with Crippen molar-refractivity contribution in [3.63, 3.8) is 0 Å². The molecule has 1 N–H and O–H groups in total. The van der Waals surface area contributed by atoms with E-state index in [-0.39, 0.29) is 18.6 Å². The molecule has 0 bridgehead atoms. The Morgan fingerprint density at radius 3 is 2.81 bits per heavy atom. The van der Waals surface area contributed by atoms with Crippen LogP contribution in [0.15, 0.2) is 18.2 Å². The molecule has 0 radical (unpaired) electrons. The molecular weight excluding hydrogens is 266 g/mol. The Kier molecular flexibility index (Phi) is 5.38. The van der Waals surface area contributed by atoms with E-state index in [0.29, 0.717) is 24.3 Å². The maximum absolute atomic E-state index is 12.7. The standard InChI is InChI=1S/C17H21NO3/c1-13-5-6-16(14(12-13)4-3-9-19)17(20)18(2)15-7-10-21-11-8-15/h5-6,12,15,19H,7-11H2,1-2H3. The zero-order chi connectivity index (χ0) is 15.2. The number of aliphatic hydroxyl groups is 1. The number of aryl methyl sites for hydroxylation is 1. The highest BCUT2D eigenvalue weighted by Gasteiger charge is 2.24. The summed E-state index contributed by atoms with van der Waals surface area (Å²) in [7, 11) is 1.83. The van der Waals surface area contributed by atoms with Gasteiger partial charge in [-0.3, -0.25) is 4.79 Å². The van der Waals surface area contributed by atoms with Gasteiger partial charge in [0.05, 0.1) is 5.56 Å². The van der Waals surface area contributed by atoms with E-state index in [1.165, 1.54) is 0 Å². The van der Waals surface area contributed by atoms with Crippen molar-refractivity contribution in [2.45, 2.75) is 25.8 Å². The van der Waals surface area contributed by atoms with Crippen molar-refractivity contribution in [3.05, 3.63) is 34.9 Å². The second-order valence-corrected chi connectivity index (χ2v) is 5.27. The summed E-state index contributed by atoms with van der Waals surface area (Å²) in [6.07, 6.45) is 1.73. The average molecular weight is 287 g/mol. The highest BCUT2D eigenvalue weighted by atomic mass is 16.5. The predicted molar refractivity (Wildman–Crippen MR) is 81.1 cm³/mol. The minimum Gasteiger partial charge on any atom is -0.384 e. The van der Waals surface area contributed by atoms with E-state index in [2.05, 4.69) is 11.8 Å². The first-order valence-electron chi connectivity index (χ1n) is 7.18. The number of ether oxygens (including phenoxy) is 1. The molecule has 2 rings (SSSR count).